The fourth-order valence-corrected chi connectivity index (χ4v) is 2.90. The van der Waals surface area contributed by atoms with E-state index in [2.05, 4.69) is 16.4 Å². The Labute approximate surface area is 150 Å². The Morgan fingerprint density at radius 2 is 2.00 bits per heavy atom. The van der Waals surface area contributed by atoms with Crippen LogP contribution in [0.1, 0.15) is 44.9 Å². The third-order valence-electron chi connectivity index (χ3n) is 4.49. The summed E-state index contributed by atoms with van der Waals surface area (Å²) < 4.78 is 11.3. The van der Waals surface area contributed by atoms with Crippen molar-refractivity contribution in [1.29, 1.82) is 0 Å². The number of aryl methyl sites for hydroxylation is 1. The zero-order chi connectivity index (χ0) is 18.5. The van der Waals surface area contributed by atoms with Crippen LogP contribution in [0, 0.1) is 6.92 Å². The first-order valence-electron chi connectivity index (χ1n) is 8.88. The molecule has 1 amide bonds. The number of nitrogens with zero attached hydrogens (tertiary/aromatic N) is 2. The van der Waals surface area contributed by atoms with Gasteiger partial charge in [-0.05, 0) is 52.2 Å². The molecule has 1 saturated heterocycles. The standard InChI is InChI=1S/C19H31N3O3/c1-15-6-7-16(21-12-15)13-20-14-19(24-5)8-10-22(11-9-19)17(23)25-18(2,3)4/h6-7,12,20H,8-11,13-14H2,1-5H3. The first-order chi connectivity index (χ1) is 11.7. The van der Waals surface area contributed by atoms with Crippen LogP contribution in [0.4, 0.5) is 4.79 Å². The molecule has 0 spiro atoms. The maximum absolute atomic E-state index is 12.2. The van der Waals surface area contributed by atoms with E-state index in [0.717, 1.165) is 30.6 Å². The van der Waals surface area contributed by atoms with Crippen LogP contribution in [0.2, 0.25) is 0 Å². The molecule has 0 aromatic carbocycles. The number of carbonyl (C=O) groups excluding carboxylic acids is 1. The van der Waals surface area contributed by atoms with Crippen LogP contribution >= 0.6 is 0 Å². The highest BCUT2D eigenvalue weighted by molar-refractivity contribution is 5.68. The number of likely N-dealkylation sites (tertiary alicyclic amines) is 1. The Morgan fingerprint density at radius 3 is 2.52 bits per heavy atom. The quantitative estimate of drug-likeness (QED) is 0.885. The number of amides is 1. The van der Waals surface area contributed by atoms with Crippen molar-refractivity contribution in [2.75, 3.05) is 26.7 Å². The van der Waals surface area contributed by atoms with Crippen LogP contribution < -0.4 is 5.32 Å². The average Bonchev–Trinajstić information content (AvgIpc) is 2.55. The van der Waals surface area contributed by atoms with E-state index in [9.17, 15) is 4.79 Å². The van der Waals surface area contributed by atoms with Crippen molar-refractivity contribution in [3.63, 3.8) is 0 Å². The number of piperidine rings is 1. The fourth-order valence-electron chi connectivity index (χ4n) is 2.90. The molecule has 1 aromatic rings. The normalized spacial score (nSPS) is 17.4. The first-order valence-corrected chi connectivity index (χ1v) is 8.88. The van der Waals surface area contributed by atoms with Gasteiger partial charge >= 0.3 is 6.09 Å². The van der Waals surface area contributed by atoms with Crippen molar-refractivity contribution in [3.05, 3.63) is 29.6 Å². The lowest BCUT2D eigenvalue weighted by molar-refractivity contribution is -0.0588. The summed E-state index contributed by atoms with van der Waals surface area (Å²) in [5, 5.41) is 3.44. The van der Waals surface area contributed by atoms with Crippen molar-refractivity contribution in [2.45, 2.75) is 58.3 Å². The van der Waals surface area contributed by atoms with Crippen molar-refractivity contribution in [2.24, 2.45) is 0 Å². The molecule has 0 unspecified atom stereocenters. The predicted molar refractivity (Wildman–Crippen MR) is 97.5 cm³/mol. The van der Waals surface area contributed by atoms with Crippen LogP contribution in [0.25, 0.3) is 0 Å². The molecule has 0 aliphatic carbocycles. The minimum absolute atomic E-state index is 0.242. The lowest BCUT2D eigenvalue weighted by Gasteiger charge is -2.41. The fraction of sp³-hybridized carbons (Fsp3) is 0.684. The molecule has 0 radical (unpaired) electrons. The summed E-state index contributed by atoms with van der Waals surface area (Å²) in [4.78, 5) is 18.4. The third-order valence-corrected chi connectivity index (χ3v) is 4.49. The highest BCUT2D eigenvalue weighted by Crippen LogP contribution is 2.26. The van der Waals surface area contributed by atoms with Gasteiger partial charge in [-0.1, -0.05) is 6.07 Å². The van der Waals surface area contributed by atoms with Crippen molar-refractivity contribution < 1.29 is 14.3 Å². The number of ether oxygens (including phenoxy) is 2. The van der Waals surface area contributed by atoms with Gasteiger partial charge in [0, 0.05) is 39.5 Å². The molecule has 0 bridgehead atoms. The highest BCUT2D eigenvalue weighted by atomic mass is 16.6. The molecule has 1 fully saturated rings. The van der Waals surface area contributed by atoms with E-state index in [1.807, 2.05) is 40.0 Å². The molecule has 25 heavy (non-hydrogen) atoms. The molecular weight excluding hydrogens is 318 g/mol. The zero-order valence-corrected chi connectivity index (χ0v) is 16.1. The Hall–Kier alpha value is -1.66. The molecule has 6 nitrogen and oxygen atoms in total. The van der Waals surface area contributed by atoms with E-state index >= 15 is 0 Å². The van der Waals surface area contributed by atoms with Gasteiger partial charge in [-0.2, -0.15) is 0 Å². The molecule has 2 rings (SSSR count). The SMILES string of the molecule is COC1(CNCc2ccc(C)cn2)CCN(C(=O)OC(C)(C)C)CC1. The van der Waals surface area contributed by atoms with Gasteiger partial charge < -0.3 is 19.7 Å². The highest BCUT2D eigenvalue weighted by Gasteiger charge is 2.36. The third kappa shape index (κ3) is 5.97. The van der Waals surface area contributed by atoms with Crippen LogP contribution in [0.3, 0.4) is 0 Å². The summed E-state index contributed by atoms with van der Waals surface area (Å²) in [5.74, 6) is 0. The largest absolute Gasteiger partial charge is 0.444 e. The maximum Gasteiger partial charge on any atom is 0.410 e. The summed E-state index contributed by atoms with van der Waals surface area (Å²) in [7, 11) is 1.74. The topological polar surface area (TPSA) is 63.7 Å². The Morgan fingerprint density at radius 1 is 1.32 bits per heavy atom. The van der Waals surface area contributed by atoms with Crippen molar-refractivity contribution in [3.8, 4) is 0 Å². The van der Waals surface area contributed by atoms with E-state index in [1.165, 1.54) is 0 Å². The molecule has 0 atom stereocenters. The van der Waals surface area contributed by atoms with Gasteiger partial charge in [-0.15, -0.1) is 0 Å². The van der Waals surface area contributed by atoms with Crippen LogP contribution in [-0.4, -0.2) is 53.9 Å². The van der Waals surface area contributed by atoms with Crippen molar-refractivity contribution in [1.82, 2.24) is 15.2 Å². The zero-order valence-electron chi connectivity index (χ0n) is 16.1. The number of aromatic nitrogens is 1. The minimum Gasteiger partial charge on any atom is -0.444 e. The molecule has 6 heteroatoms. The maximum atomic E-state index is 12.2. The van der Waals surface area contributed by atoms with Gasteiger partial charge in [0.1, 0.15) is 5.60 Å². The first kappa shape index (κ1) is 19.7. The average molecular weight is 349 g/mol. The second kappa shape index (κ2) is 8.15. The second-order valence-corrected chi connectivity index (χ2v) is 7.78. The molecule has 1 aromatic heterocycles. The Bertz CT molecular complexity index is 558. The van der Waals surface area contributed by atoms with Crippen LogP contribution in [0.5, 0.6) is 0 Å². The minimum atomic E-state index is -0.463. The van der Waals surface area contributed by atoms with E-state index in [-0.39, 0.29) is 11.7 Å². The van der Waals surface area contributed by atoms with Gasteiger partial charge in [-0.25, -0.2) is 4.79 Å². The molecule has 0 saturated carbocycles. The summed E-state index contributed by atoms with van der Waals surface area (Å²) >= 11 is 0. The van der Waals surface area contributed by atoms with Crippen LogP contribution in [0.15, 0.2) is 18.3 Å². The van der Waals surface area contributed by atoms with Gasteiger partial charge in [-0.3, -0.25) is 4.98 Å². The molecule has 1 aliphatic rings. The van der Waals surface area contributed by atoms with Gasteiger partial charge in [0.25, 0.3) is 0 Å². The van der Waals surface area contributed by atoms with Gasteiger partial charge in [0.15, 0.2) is 0 Å². The number of carbonyl (C=O) groups is 1. The van der Waals surface area contributed by atoms with E-state index in [4.69, 9.17) is 9.47 Å². The number of hydrogen-bond donors (Lipinski definition) is 1. The second-order valence-electron chi connectivity index (χ2n) is 7.78. The molecule has 2 heterocycles. The number of pyridine rings is 1. The molecule has 140 valence electrons. The predicted octanol–water partition coefficient (Wildman–Crippen LogP) is 2.90. The summed E-state index contributed by atoms with van der Waals surface area (Å²) in [6, 6.07) is 4.10. The van der Waals surface area contributed by atoms with Gasteiger partial charge in [0.2, 0.25) is 0 Å². The van der Waals surface area contributed by atoms with Crippen LogP contribution in [-0.2, 0) is 16.0 Å². The number of methoxy groups -OCH3 is 1. The van der Waals surface area contributed by atoms with E-state index < -0.39 is 5.60 Å². The Balaban J connectivity index is 1.82. The lowest BCUT2D eigenvalue weighted by Crippen LogP contribution is -2.53. The number of nitrogens with one attached hydrogen (secondary N) is 1. The van der Waals surface area contributed by atoms with E-state index in [1.54, 1.807) is 12.0 Å². The summed E-state index contributed by atoms with van der Waals surface area (Å²) in [6.07, 6.45) is 3.21. The van der Waals surface area contributed by atoms with E-state index in [0.29, 0.717) is 19.6 Å². The lowest BCUT2D eigenvalue weighted by atomic mass is 9.91. The molecule has 1 aliphatic heterocycles. The number of rotatable bonds is 5. The molecular formula is C19H31N3O3. The summed E-state index contributed by atoms with van der Waals surface area (Å²) in [5.41, 5.74) is 1.47. The Kier molecular flexibility index (Phi) is 6.41. The smallest absolute Gasteiger partial charge is 0.410 e. The monoisotopic (exact) mass is 349 g/mol. The summed E-state index contributed by atoms with van der Waals surface area (Å²) in [6.45, 7) is 10.4. The number of hydrogen-bond acceptors (Lipinski definition) is 5. The molecule has 1 N–H and O–H groups in total. The van der Waals surface area contributed by atoms with Gasteiger partial charge in [0.05, 0.1) is 11.3 Å². The van der Waals surface area contributed by atoms with Crippen molar-refractivity contribution >= 4 is 6.09 Å².